The van der Waals surface area contributed by atoms with Crippen molar-refractivity contribution in [3.63, 3.8) is 0 Å². The Labute approximate surface area is 80.1 Å². The predicted molar refractivity (Wildman–Crippen MR) is 51.5 cm³/mol. The number of halogens is 1. The summed E-state index contributed by atoms with van der Waals surface area (Å²) in [7, 11) is 0. The Bertz CT molecular complexity index is 126. The van der Waals surface area contributed by atoms with Crippen LogP contribution in [0.3, 0.4) is 0 Å². The van der Waals surface area contributed by atoms with Crippen LogP contribution in [-0.4, -0.2) is 24.8 Å². The van der Waals surface area contributed by atoms with Crippen LogP contribution in [0.15, 0.2) is 0 Å². The second kappa shape index (κ2) is 4.45. The number of aliphatic hydroxyl groups excluding tert-OH is 1. The normalized spacial score (nSPS) is 39.2. The zero-order valence-electron chi connectivity index (χ0n) is 7.33. The molecule has 0 aromatic rings. The number of nitrogens with one attached hydrogen (secondary N) is 1. The Kier molecular flexibility index (Phi) is 3.81. The number of aliphatic hydroxyl groups is 1. The van der Waals surface area contributed by atoms with Crippen molar-refractivity contribution in [3.8, 4) is 0 Å². The van der Waals surface area contributed by atoms with Gasteiger partial charge in [0.2, 0.25) is 0 Å². The molecule has 0 aromatic heterocycles. The second-order valence-corrected chi connectivity index (χ2v) is 3.93. The first kappa shape index (κ1) is 10.3. The molecule has 2 aliphatic rings. The molecule has 1 heterocycles. The molecule has 1 saturated heterocycles. The molecule has 2 atom stereocenters. The lowest BCUT2D eigenvalue weighted by atomic mass is 9.84. The third kappa shape index (κ3) is 1.76. The van der Waals surface area contributed by atoms with Crippen molar-refractivity contribution in [3.05, 3.63) is 0 Å². The van der Waals surface area contributed by atoms with E-state index in [1.807, 2.05) is 0 Å². The minimum absolute atomic E-state index is 0. The number of piperidine rings is 1. The first-order chi connectivity index (χ1) is 5.42. The minimum Gasteiger partial charge on any atom is -0.396 e. The molecule has 2 N–H and O–H groups in total. The van der Waals surface area contributed by atoms with Crippen LogP contribution in [0, 0.1) is 17.8 Å². The molecule has 2 nitrogen and oxygen atoms in total. The molecular formula is C9H18ClNO. The average molecular weight is 192 g/mol. The predicted octanol–water partition coefficient (Wildman–Crippen LogP) is 1.04. The average Bonchev–Trinajstić information content (AvgIpc) is 2.30. The lowest BCUT2D eigenvalue weighted by molar-refractivity contribution is 0.179. The van der Waals surface area contributed by atoms with Gasteiger partial charge in [-0.15, -0.1) is 12.4 Å². The van der Waals surface area contributed by atoms with Crippen molar-refractivity contribution in [1.29, 1.82) is 0 Å². The van der Waals surface area contributed by atoms with E-state index >= 15 is 0 Å². The van der Waals surface area contributed by atoms with Crippen LogP contribution in [0.1, 0.15) is 19.3 Å². The van der Waals surface area contributed by atoms with E-state index in [2.05, 4.69) is 5.32 Å². The fourth-order valence-electron chi connectivity index (χ4n) is 2.82. The van der Waals surface area contributed by atoms with Gasteiger partial charge in [-0.3, -0.25) is 0 Å². The standard InChI is InChI=1S/C9H17NO.ClH/c11-4-3-9-7-1-2-8(9)6-10-5-7;/h7-11H,1-6H2;1H/t7-,8-;/m1./s1. The zero-order chi connectivity index (χ0) is 7.68. The lowest BCUT2D eigenvalue weighted by Gasteiger charge is -2.30. The van der Waals surface area contributed by atoms with Gasteiger partial charge < -0.3 is 10.4 Å². The molecule has 0 aromatic carbocycles. The highest BCUT2D eigenvalue weighted by molar-refractivity contribution is 5.85. The number of fused-ring (bicyclic) bond motifs is 2. The summed E-state index contributed by atoms with van der Waals surface area (Å²) in [6.07, 6.45) is 3.82. The topological polar surface area (TPSA) is 32.3 Å². The van der Waals surface area contributed by atoms with Gasteiger partial charge >= 0.3 is 0 Å². The molecule has 2 bridgehead atoms. The monoisotopic (exact) mass is 191 g/mol. The van der Waals surface area contributed by atoms with Crippen LogP contribution < -0.4 is 5.32 Å². The maximum atomic E-state index is 8.86. The Morgan fingerprint density at radius 1 is 1.17 bits per heavy atom. The Hall–Kier alpha value is 0.210. The first-order valence-electron chi connectivity index (χ1n) is 4.73. The van der Waals surface area contributed by atoms with E-state index in [1.54, 1.807) is 0 Å². The molecule has 0 amide bonds. The summed E-state index contributed by atoms with van der Waals surface area (Å²) < 4.78 is 0. The van der Waals surface area contributed by atoms with E-state index in [-0.39, 0.29) is 12.4 Å². The van der Waals surface area contributed by atoms with Gasteiger partial charge in [0.15, 0.2) is 0 Å². The maximum Gasteiger partial charge on any atom is 0.0433 e. The molecule has 2 fully saturated rings. The van der Waals surface area contributed by atoms with Crippen LogP contribution in [-0.2, 0) is 0 Å². The van der Waals surface area contributed by atoms with Gasteiger partial charge in [0.1, 0.15) is 0 Å². The van der Waals surface area contributed by atoms with Gasteiger partial charge in [-0.05, 0) is 50.1 Å². The van der Waals surface area contributed by atoms with Crippen LogP contribution >= 0.6 is 12.4 Å². The van der Waals surface area contributed by atoms with Crippen LogP contribution in [0.5, 0.6) is 0 Å². The van der Waals surface area contributed by atoms with Crippen molar-refractivity contribution < 1.29 is 5.11 Å². The smallest absolute Gasteiger partial charge is 0.0433 e. The Morgan fingerprint density at radius 2 is 1.75 bits per heavy atom. The van der Waals surface area contributed by atoms with E-state index in [1.165, 1.54) is 25.9 Å². The summed E-state index contributed by atoms with van der Waals surface area (Å²) in [5, 5.41) is 12.3. The summed E-state index contributed by atoms with van der Waals surface area (Å²) in [4.78, 5) is 0. The van der Waals surface area contributed by atoms with Crippen molar-refractivity contribution in [2.45, 2.75) is 19.3 Å². The fraction of sp³-hybridized carbons (Fsp3) is 1.00. The van der Waals surface area contributed by atoms with Crippen LogP contribution in [0.4, 0.5) is 0 Å². The summed E-state index contributed by atoms with van der Waals surface area (Å²) in [5.41, 5.74) is 0. The van der Waals surface area contributed by atoms with Crippen LogP contribution in [0.2, 0.25) is 0 Å². The largest absolute Gasteiger partial charge is 0.396 e. The highest BCUT2D eigenvalue weighted by Crippen LogP contribution is 2.40. The molecule has 0 radical (unpaired) electrons. The molecule has 1 aliphatic heterocycles. The van der Waals surface area contributed by atoms with Gasteiger partial charge in [-0.1, -0.05) is 0 Å². The van der Waals surface area contributed by atoms with Crippen molar-refractivity contribution in [1.82, 2.24) is 5.32 Å². The third-order valence-corrected chi connectivity index (χ3v) is 3.39. The molecule has 3 heteroatoms. The third-order valence-electron chi connectivity index (χ3n) is 3.39. The number of rotatable bonds is 2. The van der Waals surface area contributed by atoms with Gasteiger partial charge in [-0.25, -0.2) is 0 Å². The number of hydrogen-bond donors (Lipinski definition) is 2. The van der Waals surface area contributed by atoms with E-state index in [0.717, 1.165) is 24.2 Å². The van der Waals surface area contributed by atoms with E-state index < -0.39 is 0 Å². The zero-order valence-corrected chi connectivity index (χ0v) is 8.15. The second-order valence-electron chi connectivity index (χ2n) is 3.93. The van der Waals surface area contributed by atoms with E-state index in [9.17, 15) is 0 Å². The number of hydrogen-bond acceptors (Lipinski definition) is 2. The summed E-state index contributed by atoms with van der Waals surface area (Å²) in [6.45, 7) is 2.78. The molecule has 0 unspecified atom stereocenters. The van der Waals surface area contributed by atoms with Crippen LogP contribution in [0.25, 0.3) is 0 Å². The molecule has 72 valence electrons. The first-order valence-corrected chi connectivity index (χ1v) is 4.73. The van der Waals surface area contributed by atoms with Gasteiger partial charge in [-0.2, -0.15) is 0 Å². The maximum absolute atomic E-state index is 8.86. The molecule has 12 heavy (non-hydrogen) atoms. The molecule has 2 rings (SSSR count). The van der Waals surface area contributed by atoms with E-state index in [4.69, 9.17) is 5.11 Å². The fourth-order valence-corrected chi connectivity index (χ4v) is 2.82. The Morgan fingerprint density at radius 3 is 2.25 bits per heavy atom. The van der Waals surface area contributed by atoms with Gasteiger partial charge in [0, 0.05) is 6.61 Å². The quantitative estimate of drug-likeness (QED) is 0.684. The highest BCUT2D eigenvalue weighted by Gasteiger charge is 2.37. The van der Waals surface area contributed by atoms with Gasteiger partial charge in [0.05, 0.1) is 0 Å². The summed E-state index contributed by atoms with van der Waals surface area (Å²) in [6, 6.07) is 0. The Balaban J connectivity index is 0.000000720. The SMILES string of the molecule is Cl.OCCC1[C@@H]2CC[C@@H]1CNC2. The lowest BCUT2D eigenvalue weighted by Crippen LogP contribution is -2.38. The summed E-state index contributed by atoms with van der Waals surface area (Å²) >= 11 is 0. The molecule has 0 spiro atoms. The molecule has 1 aliphatic carbocycles. The van der Waals surface area contributed by atoms with E-state index in [0.29, 0.717) is 6.61 Å². The van der Waals surface area contributed by atoms with Crippen molar-refractivity contribution >= 4 is 12.4 Å². The van der Waals surface area contributed by atoms with Gasteiger partial charge in [0.25, 0.3) is 0 Å². The molecule has 1 saturated carbocycles. The van der Waals surface area contributed by atoms with Crippen molar-refractivity contribution in [2.24, 2.45) is 17.8 Å². The molecular weight excluding hydrogens is 174 g/mol. The van der Waals surface area contributed by atoms with Crippen molar-refractivity contribution in [2.75, 3.05) is 19.7 Å². The highest BCUT2D eigenvalue weighted by atomic mass is 35.5. The summed E-state index contributed by atoms with van der Waals surface area (Å²) in [5.74, 6) is 2.59. The minimum atomic E-state index is 0.